The van der Waals surface area contributed by atoms with Crippen LogP contribution in [0.2, 0.25) is 0 Å². The quantitative estimate of drug-likeness (QED) is 0.577. The molecule has 1 aromatic heterocycles. The van der Waals surface area contributed by atoms with Crippen molar-refractivity contribution >= 4 is 16.0 Å². The average molecular weight is 206 g/mol. The van der Waals surface area contributed by atoms with Crippen molar-refractivity contribution in [3.63, 3.8) is 0 Å². The molecular weight excluding hydrogens is 196 g/mol. The van der Waals surface area contributed by atoms with E-state index in [-0.39, 0.29) is 18.2 Å². The number of aryl methyl sites for hydroxylation is 1. The van der Waals surface area contributed by atoms with E-state index >= 15 is 0 Å². The van der Waals surface area contributed by atoms with Crippen LogP contribution in [0.5, 0.6) is 0 Å². The van der Waals surface area contributed by atoms with Gasteiger partial charge in [0.25, 0.3) is 0 Å². The van der Waals surface area contributed by atoms with E-state index in [9.17, 15) is 8.42 Å². The van der Waals surface area contributed by atoms with Gasteiger partial charge in [0.05, 0.1) is 12.3 Å². The van der Waals surface area contributed by atoms with Gasteiger partial charge >= 0.3 is 0 Å². The molecule has 0 saturated carbocycles. The summed E-state index contributed by atoms with van der Waals surface area (Å²) < 4.78 is 25.3. The number of nitrogen functional groups attached to an aromatic ring is 1. The Labute approximate surface area is 75.2 Å². The van der Waals surface area contributed by atoms with Crippen LogP contribution in [0.1, 0.15) is 0 Å². The lowest BCUT2D eigenvalue weighted by Gasteiger charge is -2.01. The minimum absolute atomic E-state index is 0.0985. The number of hydrogen-bond donors (Lipinski definition) is 2. The number of anilines is 1. The van der Waals surface area contributed by atoms with Crippen LogP contribution in [-0.2, 0) is 16.6 Å². The Morgan fingerprint density at radius 3 is 2.77 bits per heavy atom. The largest absolute Gasteiger partial charge is 0.367 e. The van der Waals surface area contributed by atoms with E-state index < -0.39 is 10.0 Å². The monoisotopic (exact) mass is 206 g/mol. The second-order valence-electron chi connectivity index (χ2n) is 2.28. The lowest BCUT2D eigenvalue weighted by molar-refractivity contribution is 0.570. The first-order valence-corrected chi connectivity index (χ1v) is 5.13. The van der Waals surface area contributed by atoms with E-state index in [4.69, 9.17) is 5.73 Å². The highest BCUT2D eigenvalue weighted by Gasteiger charge is 2.09. The molecule has 0 aliphatic heterocycles. The lowest BCUT2D eigenvalue weighted by atomic mass is 10.7. The third kappa shape index (κ3) is 2.63. The molecule has 1 aromatic rings. The van der Waals surface area contributed by atoms with Gasteiger partial charge in [-0.2, -0.15) is 0 Å². The zero-order chi connectivity index (χ0) is 9.90. The molecule has 0 aliphatic carbocycles. The summed E-state index contributed by atoms with van der Waals surface area (Å²) in [6.45, 7) is 0.141. The number of hydrogen-bond acceptors (Lipinski definition) is 6. The summed E-state index contributed by atoms with van der Waals surface area (Å²) in [6, 6.07) is 0. The smallest absolute Gasteiger partial charge is 0.240 e. The highest BCUT2D eigenvalue weighted by Crippen LogP contribution is 1.93. The molecule has 0 radical (unpaired) electrons. The number of tetrazole rings is 1. The van der Waals surface area contributed by atoms with Crippen molar-refractivity contribution in [1.29, 1.82) is 0 Å². The van der Waals surface area contributed by atoms with Crippen molar-refractivity contribution in [3.8, 4) is 0 Å². The van der Waals surface area contributed by atoms with E-state index in [0.717, 1.165) is 0 Å². The van der Waals surface area contributed by atoms with Gasteiger partial charge in [-0.3, -0.25) is 0 Å². The SMILES string of the molecule is CNS(=O)(=O)CCn1nnnc1N. The number of aromatic nitrogens is 4. The Hall–Kier alpha value is -1.22. The molecule has 0 saturated heterocycles. The van der Waals surface area contributed by atoms with Gasteiger partial charge in [0.1, 0.15) is 0 Å². The maximum atomic E-state index is 11.0. The van der Waals surface area contributed by atoms with Crippen molar-refractivity contribution in [2.45, 2.75) is 6.54 Å². The zero-order valence-electron chi connectivity index (χ0n) is 7.01. The summed E-state index contributed by atoms with van der Waals surface area (Å²) in [5.41, 5.74) is 5.32. The summed E-state index contributed by atoms with van der Waals surface area (Å²) in [7, 11) is -1.89. The van der Waals surface area contributed by atoms with Crippen molar-refractivity contribution in [3.05, 3.63) is 0 Å². The van der Waals surface area contributed by atoms with Crippen LogP contribution in [0, 0.1) is 0 Å². The van der Waals surface area contributed by atoms with Gasteiger partial charge in [0.15, 0.2) is 0 Å². The minimum Gasteiger partial charge on any atom is -0.367 e. The average Bonchev–Trinajstić information content (AvgIpc) is 2.48. The van der Waals surface area contributed by atoms with Crippen LogP contribution >= 0.6 is 0 Å². The zero-order valence-corrected chi connectivity index (χ0v) is 7.82. The molecule has 1 heterocycles. The maximum absolute atomic E-state index is 11.0. The van der Waals surface area contributed by atoms with Gasteiger partial charge in [0.2, 0.25) is 16.0 Å². The predicted octanol–water partition coefficient (Wildman–Crippen LogP) is -2.20. The third-order valence-corrected chi connectivity index (χ3v) is 2.78. The Kier molecular flexibility index (Phi) is 2.78. The summed E-state index contributed by atoms with van der Waals surface area (Å²) in [5, 5.41) is 10.2. The molecule has 0 atom stereocenters. The molecule has 8 nitrogen and oxygen atoms in total. The van der Waals surface area contributed by atoms with Crippen molar-refractivity contribution in [1.82, 2.24) is 24.9 Å². The molecular formula is C4H10N6O2S. The molecule has 9 heteroatoms. The van der Waals surface area contributed by atoms with Crippen molar-refractivity contribution in [2.75, 3.05) is 18.5 Å². The van der Waals surface area contributed by atoms with E-state index in [2.05, 4.69) is 20.2 Å². The number of nitrogens with zero attached hydrogens (tertiary/aromatic N) is 4. The Morgan fingerprint density at radius 2 is 2.31 bits per heavy atom. The van der Waals surface area contributed by atoms with E-state index in [1.807, 2.05) is 0 Å². The second kappa shape index (κ2) is 3.66. The fourth-order valence-corrected chi connectivity index (χ4v) is 1.30. The van der Waals surface area contributed by atoms with E-state index in [1.54, 1.807) is 0 Å². The molecule has 0 aromatic carbocycles. The standard InChI is InChI=1S/C4H10N6O2S/c1-6-13(11,12)3-2-10-4(5)7-8-9-10/h6H,2-3H2,1H3,(H2,5,7,9). The van der Waals surface area contributed by atoms with Gasteiger partial charge in [-0.05, 0) is 17.5 Å². The highest BCUT2D eigenvalue weighted by atomic mass is 32.2. The van der Waals surface area contributed by atoms with Crippen LogP contribution in [-0.4, -0.2) is 41.4 Å². The molecule has 13 heavy (non-hydrogen) atoms. The minimum atomic E-state index is -3.23. The molecule has 0 unspecified atom stereocenters. The normalized spacial score (nSPS) is 11.8. The number of sulfonamides is 1. The second-order valence-corrected chi connectivity index (χ2v) is 4.33. The summed E-state index contributed by atoms with van der Waals surface area (Å²) >= 11 is 0. The molecule has 3 N–H and O–H groups in total. The Balaban J connectivity index is 2.58. The summed E-state index contributed by atoms with van der Waals surface area (Å²) in [5.74, 6) is 0.00459. The van der Waals surface area contributed by atoms with E-state index in [0.29, 0.717) is 0 Å². The van der Waals surface area contributed by atoms with Gasteiger partial charge in [-0.25, -0.2) is 17.8 Å². The molecule has 0 bridgehead atoms. The topological polar surface area (TPSA) is 116 Å². The summed E-state index contributed by atoms with van der Waals surface area (Å²) in [6.07, 6.45) is 0. The van der Waals surface area contributed by atoms with Gasteiger partial charge in [-0.1, -0.05) is 5.10 Å². The molecule has 0 spiro atoms. The highest BCUT2D eigenvalue weighted by molar-refractivity contribution is 7.89. The maximum Gasteiger partial charge on any atom is 0.240 e. The van der Waals surface area contributed by atoms with Crippen LogP contribution in [0.3, 0.4) is 0 Å². The first-order chi connectivity index (χ1) is 6.05. The third-order valence-electron chi connectivity index (χ3n) is 1.44. The molecule has 0 amide bonds. The first kappa shape index (κ1) is 9.86. The van der Waals surface area contributed by atoms with Crippen LogP contribution in [0.25, 0.3) is 0 Å². The van der Waals surface area contributed by atoms with Crippen molar-refractivity contribution < 1.29 is 8.42 Å². The van der Waals surface area contributed by atoms with E-state index in [1.165, 1.54) is 11.7 Å². The van der Waals surface area contributed by atoms with Gasteiger partial charge in [0, 0.05) is 0 Å². The van der Waals surface area contributed by atoms with Crippen LogP contribution < -0.4 is 10.5 Å². The first-order valence-electron chi connectivity index (χ1n) is 3.48. The molecule has 74 valence electrons. The number of nitrogens with one attached hydrogen (secondary N) is 1. The molecule has 0 aliphatic rings. The van der Waals surface area contributed by atoms with Crippen molar-refractivity contribution in [2.24, 2.45) is 0 Å². The van der Waals surface area contributed by atoms with Crippen LogP contribution in [0.4, 0.5) is 5.95 Å². The van der Waals surface area contributed by atoms with Gasteiger partial charge < -0.3 is 5.73 Å². The fraction of sp³-hybridized carbons (Fsp3) is 0.750. The Morgan fingerprint density at radius 1 is 1.62 bits per heavy atom. The van der Waals surface area contributed by atoms with Gasteiger partial charge in [-0.15, -0.1) is 0 Å². The predicted molar refractivity (Wildman–Crippen MR) is 45.1 cm³/mol. The number of rotatable bonds is 4. The molecule has 1 rings (SSSR count). The Bertz CT molecular complexity index is 370. The summed E-state index contributed by atoms with van der Waals surface area (Å²) in [4.78, 5) is 0. The number of nitrogens with two attached hydrogens (primary N) is 1. The molecule has 0 fully saturated rings. The van der Waals surface area contributed by atoms with Crippen LogP contribution in [0.15, 0.2) is 0 Å². The fourth-order valence-electron chi connectivity index (χ4n) is 0.680. The lowest BCUT2D eigenvalue weighted by Crippen LogP contribution is -2.25.